The summed E-state index contributed by atoms with van der Waals surface area (Å²) in [4.78, 5) is 10.6. The number of hydrogen-bond acceptors (Lipinski definition) is 4. The number of halogens is 1. The number of aliphatic imine (C=N–C) groups is 1. The number of aryl methyl sites for hydroxylation is 1. The predicted molar refractivity (Wildman–Crippen MR) is 119 cm³/mol. The van der Waals surface area contributed by atoms with Gasteiger partial charge in [0.05, 0.1) is 11.3 Å². The zero-order valence-electron chi connectivity index (χ0n) is 15.4. The fourth-order valence-electron chi connectivity index (χ4n) is 3.07. The molecule has 26 heavy (non-hydrogen) atoms. The highest BCUT2D eigenvalue weighted by Crippen LogP contribution is 2.17. The fraction of sp³-hybridized carbons (Fsp3) is 0.579. The smallest absolute Gasteiger partial charge is 0.191 e. The molecule has 3 rings (SSSR count). The largest absolute Gasteiger partial charge is 0.469 e. The van der Waals surface area contributed by atoms with E-state index >= 15 is 0 Å². The van der Waals surface area contributed by atoms with Crippen LogP contribution in [0.5, 0.6) is 0 Å². The second-order valence-electron chi connectivity index (χ2n) is 6.44. The summed E-state index contributed by atoms with van der Waals surface area (Å²) < 4.78 is 5.39. The highest BCUT2D eigenvalue weighted by Gasteiger charge is 2.16. The number of furan rings is 1. The van der Waals surface area contributed by atoms with Gasteiger partial charge < -0.3 is 15.1 Å². The van der Waals surface area contributed by atoms with E-state index in [1.807, 2.05) is 18.3 Å². The van der Waals surface area contributed by atoms with Crippen molar-refractivity contribution < 1.29 is 4.42 Å². The molecule has 0 atom stereocenters. The normalized spacial score (nSPS) is 15.0. The molecule has 2 heterocycles. The van der Waals surface area contributed by atoms with E-state index in [1.54, 1.807) is 17.6 Å². The Kier molecular flexibility index (Phi) is 9.45. The lowest BCUT2D eigenvalue weighted by molar-refractivity contribution is 0.506. The maximum absolute atomic E-state index is 5.39. The standard InChI is InChI=1S/C19H28N4OS.HI/c1-2-17-14-22-18(25-17)10-12-21-19(23-15-6-3-4-7-15)20-11-9-16-8-5-13-24-16;/h5,8,13-15H,2-4,6-7,9-12H2,1H3,(H2,20,21,23);1H. The number of guanidine groups is 1. The average molecular weight is 488 g/mol. The highest BCUT2D eigenvalue weighted by atomic mass is 127. The third kappa shape index (κ3) is 6.90. The van der Waals surface area contributed by atoms with Crippen LogP contribution < -0.4 is 10.6 Å². The highest BCUT2D eigenvalue weighted by molar-refractivity contribution is 14.0. The van der Waals surface area contributed by atoms with Gasteiger partial charge in [-0.05, 0) is 31.4 Å². The van der Waals surface area contributed by atoms with Crippen LogP contribution in [0.3, 0.4) is 0 Å². The van der Waals surface area contributed by atoms with Crippen LogP contribution >= 0.6 is 35.3 Å². The molecule has 1 aliphatic rings. The van der Waals surface area contributed by atoms with Crippen molar-refractivity contribution in [1.82, 2.24) is 15.6 Å². The molecule has 1 saturated carbocycles. The van der Waals surface area contributed by atoms with E-state index in [-0.39, 0.29) is 24.0 Å². The van der Waals surface area contributed by atoms with Crippen molar-refractivity contribution in [3.8, 4) is 0 Å². The molecule has 0 unspecified atom stereocenters. The van der Waals surface area contributed by atoms with Gasteiger partial charge in [-0.1, -0.05) is 19.8 Å². The topological polar surface area (TPSA) is 62.5 Å². The van der Waals surface area contributed by atoms with E-state index in [9.17, 15) is 0 Å². The summed E-state index contributed by atoms with van der Waals surface area (Å²) in [5.41, 5.74) is 0. The van der Waals surface area contributed by atoms with Crippen LogP contribution in [0.1, 0.15) is 48.3 Å². The molecule has 0 aromatic carbocycles. The van der Waals surface area contributed by atoms with Crippen LogP contribution in [0.4, 0.5) is 0 Å². The van der Waals surface area contributed by atoms with Crippen LogP contribution in [-0.4, -0.2) is 30.1 Å². The average Bonchev–Trinajstić information content (AvgIpc) is 3.37. The minimum absolute atomic E-state index is 0. The van der Waals surface area contributed by atoms with Crippen LogP contribution in [0, 0.1) is 0 Å². The molecule has 0 spiro atoms. The lowest BCUT2D eigenvalue weighted by Gasteiger charge is -2.17. The lowest BCUT2D eigenvalue weighted by Crippen LogP contribution is -2.43. The summed E-state index contributed by atoms with van der Waals surface area (Å²) in [6, 6.07) is 4.50. The maximum Gasteiger partial charge on any atom is 0.191 e. The molecule has 0 aliphatic heterocycles. The SMILES string of the molecule is CCc1cnc(CCN=C(NCCc2ccco2)NC2CCCC2)s1.I. The van der Waals surface area contributed by atoms with Crippen molar-refractivity contribution in [2.24, 2.45) is 4.99 Å². The summed E-state index contributed by atoms with van der Waals surface area (Å²) in [6.07, 6.45) is 11.7. The summed E-state index contributed by atoms with van der Waals surface area (Å²) in [7, 11) is 0. The molecule has 1 aliphatic carbocycles. The molecule has 7 heteroatoms. The molecule has 2 N–H and O–H groups in total. The molecule has 1 fully saturated rings. The number of thiazole rings is 1. The zero-order valence-corrected chi connectivity index (χ0v) is 18.5. The monoisotopic (exact) mass is 488 g/mol. The van der Waals surface area contributed by atoms with Crippen molar-refractivity contribution >= 4 is 41.3 Å². The first-order valence-electron chi connectivity index (χ1n) is 9.34. The van der Waals surface area contributed by atoms with Crippen molar-refractivity contribution in [3.05, 3.63) is 40.2 Å². The van der Waals surface area contributed by atoms with Gasteiger partial charge in [-0.15, -0.1) is 35.3 Å². The Morgan fingerprint density at radius 1 is 1.35 bits per heavy atom. The first kappa shape index (κ1) is 21.2. The Labute approximate surface area is 177 Å². The Morgan fingerprint density at radius 3 is 2.88 bits per heavy atom. The Morgan fingerprint density at radius 2 is 2.19 bits per heavy atom. The molecule has 0 radical (unpaired) electrons. The van der Waals surface area contributed by atoms with Gasteiger partial charge in [-0.3, -0.25) is 4.99 Å². The van der Waals surface area contributed by atoms with Crippen LogP contribution in [-0.2, 0) is 19.3 Å². The van der Waals surface area contributed by atoms with Gasteiger partial charge in [0.25, 0.3) is 0 Å². The van der Waals surface area contributed by atoms with Crippen molar-refractivity contribution in [1.29, 1.82) is 0 Å². The first-order valence-corrected chi connectivity index (χ1v) is 10.2. The molecular weight excluding hydrogens is 459 g/mol. The number of nitrogens with one attached hydrogen (secondary N) is 2. The molecule has 0 amide bonds. The number of nitrogens with zero attached hydrogens (tertiary/aromatic N) is 2. The zero-order chi connectivity index (χ0) is 17.3. The quantitative estimate of drug-likeness (QED) is 0.333. The van der Waals surface area contributed by atoms with E-state index in [0.717, 1.165) is 44.1 Å². The summed E-state index contributed by atoms with van der Waals surface area (Å²) in [6.45, 7) is 3.75. The third-order valence-corrected chi connectivity index (χ3v) is 5.69. The van der Waals surface area contributed by atoms with Crippen LogP contribution in [0.2, 0.25) is 0 Å². The molecule has 0 bridgehead atoms. The van der Waals surface area contributed by atoms with Gasteiger partial charge in [0, 0.05) is 43.0 Å². The fourth-order valence-corrected chi connectivity index (χ4v) is 3.92. The third-order valence-electron chi connectivity index (χ3n) is 4.49. The Balaban J connectivity index is 0.00000243. The van der Waals surface area contributed by atoms with Gasteiger partial charge in [0.2, 0.25) is 0 Å². The molecular formula is C19H29IN4OS. The second-order valence-corrected chi connectivity index (χ2v) is 7.64. The van der Waals surface area contributed by atoms with Gasteiger partial charge in [-0.2, -0.15) is 0 Å². The molecule has 2 aromatic heterocycles. The van der Waals surface area contributed by atoms with Crippen molar-refractivity contribution in [3.63, 3.8) is 0 Å². The lowest BCUT2D eigenvalue weighted by atomic mass is 10.2. The van der Waals surface area contributed by atoms with E-state index in [0.29, 0.717) is 6.04 Å². The summed E-state index contributed by atoms with van der Waals surface area (Å²) in [5, 5.41) is 8.22. The van der Waals surface area contributed by atoms with E-state index in [2.05, 4.69) is 22.5 Å². The van der Waals surface area contributed by atoms with Crippen molar-refractivity contribution in [2.45, 2.75) is 57.9 Å². The second kappa shape index (κ2) is 11.6. The molecule has 144 valence electrons. The van der Waals surface area contributed by atoms with E-state index < -0.39 is 0 Å². The first-order chi connectivity index (χ1) is 12.3. The number of rotatable bonds is 8. The van der Waals surface area contributed by atoms with Crippen LogP contribution in [0.15, 0.2) is 34.0 Å². The molecule has 2 aromatic rings. The van der Waals surface area contributed by atoms with Crippen molar-refractivity contribution in [2.75, 3.05) is 13.1 Å². The van der Waals surface area contributed by atoms with Gasteiger partial charge in [0.15, 0.2) is 5.96 Å². The van der Waals surface area contributed by atoms with Gasteiger partial charge >= 0.3 is 0 Å². The van der Waals surface area contributed by atoms with Crippen LogP contribution in [0.25, 0.3) is 0 Å². The van der Waals surface area contributed by atoms with E-state index in [1.165, 1.54) is 35.6 Å². The number of aromatic nitrogens is 1. The predicted octanol–water partition coefficient (Wildman–Crippen LogP) is 4.18. The van der Waals surface area contributed by atoms with Gasteiger partial charge in [-0.25, -0.2) is 4.98 Å². The summed E-state index contributed by atoms with van der Waals surface area (Å²) in [5.74, 6) is 1.92. The minimum Gasteiger partial charge on any atom is -0.469 e. The van der Waals surface area contributed by atoms with Gasteiger partial charge in [0.1, 0.15) is 5.76 Å². The maximum atomic E-state index is 5.39. The number of hydrogen-bond donors (Lipinski definition) is 2. The van der Waals surface area contributed by atoms with E-state index in [4.69, 9.17) is 9.41 Å². The summed E-state index contributed by atoms with van der Waals surface area (Å²) >= 11 is 1.80. The Hall–Kier alpha value is -1.09. The molecule has 5 nitrogen and oxygen atoms in total. The minimum atomic E-state index is 0. The Bertz CT molecular complexity index is 650. The molecule has 0 saturated heterocycles.